The van der Waals surface area contributed by atoms with E-state index in [9.17, 15) is 14.4 Å². The quantitative estimate of drug-likeness (QED) is 0.624. The minimum Gasteiger partial charge on any atom is -0.326 e. The molecule has 0 radical (unpaired) electrons. The SMILES string of the molecule is O=C(CC(=O)Nc1ccc2nc3n(c(=O)c2c1)CCCCC3)Nc1cccc(Cl)c1. The van der Waals surface area contributed by atoms with Crippen LogP contribution in [0.4, 0.5) is 11.4 Å². The summed E-state index contributed by atoms with van der Waals surface area (Å²) in [6.45, 7) is 0.664. The Morgan fingerprint density at radius 3 is 2.53 bits per heavy atom. The normalized spacial score (nSPS) is 13.4. The van der Waals surface area contributed by atoms with E-state index in [1.807, 2.05) is 0 Å². The third-order valence-electron chi connectivity index (χ3n) is 5.03. The van der Waals surface area contributed by atoms with Crippen molar-refractivity contribution in [2.45, 2.75) is 38.6 Å². The van der Waals surface area contributed by atoms with Gasteiger partial charge < -0.3 is 10.6 Å². The van der Waals surface area contributed by atoms with Crippen LogP contribution in [0, 0.1) is 0 Å². The van der Waals surface area contributed by atoms with Crippen molar-refractivity contribution in [3.05, 3.63) is 63.7 Å². The molecule has 154 valence electrons. The van der Waals surface area contributed by atoms with Crippen LogP contribution in [0.15, 0.2) is 47.3 Å². The van der Waals surface area contributed by atoms with E-state index in [2.05, 4.69) is 15.6 Å². The second-order valence-corrected chi connectivity index (χ2v) is 7.75. The minimum atomic E-state index is -0.475. The van der Waals surface area contributed by atoms with Crippen molar-refractivity contribution in [2.24, 2.45) is 0 Å². The number of aromatic nitrogens is 2. The van der Waals surface area contributed by atoms with Gasteiger partial charge in [-0.25, -0.2) is 4.98 Å². The van der Waals surface area contributed by atoms with E-state index in [-0.39, 0.29) is 12.0 Å². The summed E-state index contributed by atoms with van der Waals surface area (Å²) >= 11 is 5.89. The van der Waals surface area contributed by atoms with Crippen LogP contribution < -0.4 is 16.2 Å². The van der Waals surface area contributed by atoms with E-state index in [0.29, 0.717) is 33.8 Å². The molecule has 2 heterocycles. The number of rotatable bonds is 4. The Morgan fingerprint density at radius 1 is 1.00 bits per heavy atom. The van der Waals surface area contributed by atoms with E-state index in [0.717, 1.165) is 31.5 Å². The van der Waals surface area contributed by atoms with Gasteiger partial charge in [0.2, 0.25) is 11.8 Å². The molecule has 4 rings (SSSR count). The molecule has 1 aliphatic rings. The summed E-state index contributed by atoms with van der Waals surface area (Å²) in [7, 11) is 0. The first-order valence-electron chi connectivity index (χ1n) is 9.88. The molecule has 8 heteroatoms. The molecule has 2 N–H and O–H groups in total. The van der Waals surface area contributed by atoms with Gasteiger partial charge in [0, 0.05) is 29.4 Å². The summed E-state index contributed by atoms with van der Waals surface area (Å²) < 4.78 is 1.74. The third kappa shape index (κ3) is 4.52. The average Bonchev–Trinajstić information content (AvgIpc) is 2.94. The zero-order valence-corrected chi connectivity index (χ0v) is 17.0. The Kier molecular flexibility index (Phi) is 5.81. The Morgan fingerprint density at radius 2 is 1.77 bits per heavy atom. The van der Waals surface area contributed by atoms with Crippen molar-refractivity contribution < 1.29 is 9.59 Å². The number of halogens is 1. The van der Waals surface area contributed by atoms with Crippen LogP contribution >= 0.6 is 11.6 Å². The maximum Gasteiger partial charge on any atom is 0.261 e. The highest BCUT2D eigenvalue weighted by molar-refractivity contribution is 6.30. The first-order chi connectivity index (χ1) is 14.5. The molecule has 2 aromatic carbocycles. The van der Waals surface area contributed by atoms with Crippen LogP contribution in [-0.4, -0.2) is 21.4 Å². The van der Waals surface area contributed by atoms with Crippen LogP contribution in [0.3, 0.4) is 0 Å². The molecular formula is C22H21ClN4O3. The maximum atomic E-state index is 12.9. The van der Waals surface area contributed by atoms with Crippen molar-refractivity contribution in [1.82, 2.24) is 9.55 Å². The molecule has 0 fully saturated rings. The molecule has 0 spiro atoms. The highest BCUT2D eigenvalue weighted by Crippen LogP contribution is 2.19. The Bertz CT molecular complexity index is 1190. The first-order valence-corrected chi connectivity index (χ1v) is 10.3. The fourth-order valence-corrected chi connectivity index (χ4v) is 3.81. The highest BCUT2D eigenvalue weighted by atomic mass is 35.5. The van der Waals surface area contributed by atoms with Gasteiger partial charge in [-0.1, -0.05) is 24.1 Å². The highest BCUT2D eigenvalue weighted by Gasteiger charge is 2.15. The Balaban J connectivity index is 1.48. The summed E-state index contributed by atoms with van der Waals surface area (Å²) in [5, 5.41) is 6.26. The summed E-state index contributed by atoms with van der Waals surface area (Å²) in [4.78, 5) is 41.9. The van der Waals surface area contributed by atoms with Gasteiger partial charge in [-0.2, -0.15) is 0 Å². The van der Waals surface area contributed by atoms with Crippen molar-refractivity contribution in [2.75, 3.05) is 10.6 Å². The number of nitrogens with zero attached hydrogens (tertiary/aromatic N) is 2. The number of nitrogens with one attached hydrogen (secondary N) is 2. The predicted molar refractivity (Wildman–Crippen MR) is 117 cm³/mol. The zero-order chi connectivity index (χ0) is 21.1. The Labute approximate surface area is 178 Å². The number of carbonyl (C=O) groups is 2. The van der Waals surface area contributed by atoms with E-state index >= 15 is 0 Å². The number of hydrogen-bond donors (Lipinski definition) is 2. The maximum absolute atomic E-state index is 12.9. The molecule has 1 aromatic heterocycles. The first kappa shape index (κ1) is 20.1. The Hall–Kier alpha value is -3.19. The van der Waals surface area contributed by atoms with Crippen molar-refractivity contribution >= 4 is 45.7 Å². The summed E-state index contributed by atoms with van der Waals surface area (Å²) in [6.07, 6.45) is 3.51. The lowest BCUT2D eigenvalue weighted by Gasteiger charge is -2.11. The molecule has 7 nitrogen and oxygen atoms in total. The lowest BCUT2D eigenvalue weighted by atomic mass is 10.2. The molecule has 3 aromatic rings. The monoisotopic (exact) mass is 424 g/mol. The number of benzene rings is 2. The molecule has 0 saturated carbocycles. The number of fused-ring (bicyclic) bond motifs is 2. The summed E-state index contributed by atoms with van der Waals surface area (Å²) in [6, 6.07) is 11.7. The molecule has 0 unspecified atom stereocenters. The van der Waals surface area contributed by atoms with E-state index in [1.165, 1.54) is 0 Å². The van der Waals surface area contributed by atoms with Crippen molar-refractivity contribution in [3.63, 3.8) is 0 Å². The van der Waals surface area contributed by atoms with E-state index in [1.54, 1.807) is 47.0 Å². The van der Waals surface area contributed by atoms with Gasteiger partial charge in [-0.15, -0.1) is 0 Å². The second-order valence-electron chi connectivity index (χ2n) is 7.31. The van der Waals surface area contributed by atoms with Gasteiger partial charge in [0.25, 0.3) is 5.56 Å². The third-order valence-corrected chi connectivity index (χ3v) is 5.26. The van der Waals surface area contributed by atoms with E-state index < -0.39 is 11.8 Å². The van der Waals surface area contributed by atoms with Crippen LogP contribution in [0.1, 0.15) is 31.5 Å². The number of carbonyl (C=O) groups excluding carboxylic acids is 2. The van der Waals surface area contributed by atoms with Crippen LogP contribution in [-0.2, 0) is 22.6 Å². The van der Waals surface area contributed by atoms with Gasteiger partial charge >= 0.3 is 0 Å². The van der Waals surface area contributed by atoms with E-state index in [4.69, 9.17) is 11.6 Å². The van der Waals surface area contributed by atoms with Gasteiger partial charge in [-0.05, 0) is 49.2 Å². The molecular weight excluding hydrogens is 404 g/mol. The number of hydrogen-bond acceptors (Lipinski definition) is 4. The second kappa shape index (κ2) is 8.67. The molecule has 30 heavy (non-hydrogen) atoms. The molecule has 1 aliphatic heterocycles. The van der Waals surface area contributed by atoms with Gasteiger partial charge in [0.1, 0.15) is 12.2 Å². The lowest BCUT2D eigenvalue weighted by Crippen LogP contribution is -2.25. The largest absolute Gasteiger partial charge is 0.326 e. The minimum absolute atomic E-state index is 0.0910. The molecule has 2 amide bonds. The van der Waals surface area contributed by atoms with Gasteiger partial charge in [0.05, 0.1) is 10.9 Å². The number of anilines is 2. The predicted octanol–water partition coefficient (Wildman–Crippen LogP) is 3.74. The summed E-state index contributed by atoms with van der Waals surface area (Å²) in [5.41, 5.74) is 1.50. The molecule has 0 aliphatic carbocycles. The smallest absolute Gasteiger partial charge is 0.261 e. The average molecular weight is 425 g/mol. The molecule has 0 saturated heterocycles. The molecule has 0 bridgehead atoms. The fraction of sp³-hybridized carbons (Fsp3) is 0.273. The topological polar surface area (TPSA) is 93.1 Å². The van der Waals surface area contributed by atoms with Crippen LogP contribution in [0.2, 0.25) is 5.02 Å². The molecule has 0 atom stereocenters. The van der Waals surface area contributed by atoms with Crippen LogP contribution in [0.5, 0.6) is 0 Å². The standard InChI is InChI=1S/C22H21ClN4O3/c23-14-5-4-6-15(11-14)24-20(28)13-21(29)25-16-8-9-18-17(12-16)22(30)27-10-3-1-2-7-19(27)26-18/h4-6,8-9,11-12H,1-3,7,10,13H2,(H,24,28)(H,25,29). The van der Waals surface area contributed by atoms with Crippen LogP contribution in [0.25, 0.3) is 10.9 Å². The fourth-order valence-electron chi connectivity index (χ4n) is 3.62. The summed E-state index contributed by atoms with van der Waals surface area (Å²) in [5.74, 6) is -0.112. The number of amides is 2. The zero-order valence-electron chi connectivity index (χ0n) is 16.3. The van der Waals surface area contributed by atoms with Gasteiger partial charge in [-0.3, -0.25) is 19.0 Å². The van der Waals surface area contributed by atoms with Crippen molar-refractivity contribution in [3.8, 4) is 0 Å². The lowest BCUT2D eigenvalue weighted by molar-refractivity contribution is -0.123. The van der Waals surface area contributed by atoms with Crippen molar-refractivity contribution in [1.29, 1.82) is 0 Å². The number of aryl methyl sites for hydroxylation is 1. The van der Waals surface area contributed by atoms with Gasteiger partial charge in [0.15, 0.2) is 0 Å².